The normalized spacial score (nSPS) is 11.8. The quantitative estimate of drug-likeness (QED) is 0.716. The van der Waals surface area contributed by atoms with Gasteiger partial charge < -0.3 is 9.84 Å². The van der Waals surface area contributed by atoms with Crippen molar-refractivity contribution in [1.29, 1.82) is 0 Å². The Morgan fingerprint density at radius 3 is 2.62 bits per heavy atom. The average molecular weight is 221 g/mol. The molecule has 1 aromatic rings. The topological polar surface area (TPSA) is 58.6 Å². The summed E-state index contributed by atoms with van der Waals surface area (Å²) in [6, 6.07) is 6.22. The summed E-state index contributed by atoms with van der Waals surface area (Å²) in [5, 5.41) is 11.9. The standard InChI is InChI=1S/C12H15NO3/c1-3-8-13-11(12(14)15)9-4-6-10(16-2)7-5-9/h3-7,11,13H,1,8H2,2H3,(H,14,15). The van der Waals surface area contributed by atoms with Gasteiger partial charge >= 0.3 is 5.97 Å². The number of methoxy groups -OCH3 is 1. The van der Waals surface area contributed by atoms with Gasteiger partial charge in [0.05, 0.1) is 7.11 Å². The maximum Gasteiger partial charge on any atom is 0.325 e. The molecule has 1 rings (SSSR count). The highest BCUT2D eigenvalue weighted by Crippen LogP contribution is 2.17. The average Bonchev–Trinajstić information content (AvgIpc) is 2.30. The SMILES string of the molecule is C=CCNC(C(=O)O)c1ccc(OC)cc1. The molecule has 0 aromatic heterocycles. The first kappa shape index (κ1) is 12.3. The molecule has 0 fully saturated rings. The lowest BCUT2D eigenvalue weighted by molar-refractivity contribution is -0.139. The highest BCUT2D eigenvalue weighted by molar-refractivity contribution is 5.75. The predicted octanol–water partition coefficient (Wildman–Crippen LogP) is 1.60. The molecule has 0 amide bonds. The van der Waals surface area contributed by atoms with Crippen molar-refractivity contribution < 1.29 is 14.6 Å². The zero-order valence-corrected chi connectivity index (χ0v) is 9.14. The molecule has 0 heterocycles. The van der Waals surface area contributed by atoms with Crippen LogP contribution in [0.2, 0.25) is 0 Å². The molecule has 2 N–H and O–H groups in total. The number of benzene rings is 1. The van der Waals surface area contributed by atoms with Gasteiger partial charge in [0.2, 0.25) is 0 Å². The number of carboxylic acids is 1. The van der Waals surface area contributed by atoms with E-state index in [1.165, 1.54) is 0 Å². The monoisotopic (exact) mass is 221 g/mol. The van der Waals surface area contributed by atoms with E-state index in [4.69, 9.17) is 9.84 Å². The molecule has 86 valence electrons. The van der Waals surface area contributed by atoms with Gasteiger partial charge in [-0.15, -0.1) is 6.58 Å². The molecule has 1 unspecified atom stereocenters. The van der Waals surface area contributed by atoms with Gasteiger partial charge in [0, 0.05) is 6.54 Å². The molecule has 0 saturated heterocycles. The van der Waals surface area contributed by atoms with Crippen molar-refractivity contribution >= 4 is 5.97 Å². The van der Waals surface area contributed by atoms with Crippen molar-refractivity contribution in [2.24, 2.45) is 0 Å². The molecule has 4 nitrogen and oxygen atoms in total. The number of ether oxygens (including phenoxy) is 1. The van der Waals surface area contributed by atoms with Gasteiger partial charge in [-0.3, -0.25) is 10.1 Å². The van der Waals surface area contributed by atoms with Gasteiger partial charge in [-0.25, -0.2) is 0 Å². The minimum absolute atomic E-state index is 0.447. The Kier molecular flexibility index (Phi) is 4.54. The first-order chi connectivity index (χ1) is 7.69. The van der Waals surface area contributed by atoms with E-state index in [1.807, 2.05) is 0 Å². The maximum absolute atomic E-state index is 11.0. The third kappa shape index (κ3) is 3.10. The van der Waals surface area contributed by atoms with Crippen LogP contribution >= 0.6 is 0 Å². The number of hydrogen-bond acceptors (Lipinski definition) is 3. The summed E-state index contributed by atoms with van der Waals surface area (Å²) in [6.07, 6.45) is 1.62. The lowest BCUT2D eigenvalue weighted by atomic mass is 10.1. The van der Waals surface area contributed by atoms with E-state index in [1.54, 1.807) is 37.5 Å². The van der Waals surface area contributed by atoms with Crippen LogP contribution in [-0.4, -0.2) is 24.7 Å². The third-order valence-electron chi connectivity index (χ3n) is 2.16. The fraction of sp³-hybridized carbons (Fsp3) is 0.250. The summed E-state index contributed by atoms with van der Waals surface area (Å²) < 4.78 is 5.01. The van der Waals surface area contributed by atoms with E-state index in [-0.39, 0.29) is 0 Å². The lowest BCUT2D eigenvalue weighted by Gasteiger charge is -2.13. The maximum atomic E-state index is 11.0. The minimum Gasteiger partial charge on any atom is -0.497 e. The molecular formula is C12H15NO3. The Morgan fingerprint density at radius 1 is 1.56 bits per heavy atom. The van der Waals surface area contributed by atoms with Gasteiger partial charge in [-0.05, 0) is 17.7 Å². The van der Waals surface area contributed by atoms with E-state index in [0.717, 1.165) is 0 Å². The minimum atomic E-state index is -0.910. The van der Waals surface area contributed by atoms with Crippen LogP contribution in [0.3, 0.4) is 0 Å². The van der Waals surface area contributed by atoms with E-state index in [0.29, 0.717) is 17.9 Å². The van der Waals surface area contributed by atoms with E-state index in [9.17, 15) is 4.79 Å². The van der Waals surface area contributed by atoms with Crippen molar-refractivity contribution in [3.8, 4) is 5.75 Å². The van der Waals surface area contributed by atoms with Gasteiger partial charge in [0.25, 0.3) is 0 Å². The number of carboxylic acid groups (broad SMARTS) is 1. The molecule has 1 atom stereocenters. The number of rotatable bonds is 6. The Bertz CT molecular complexity index is 359. The second kappa shape index (κ2) is 5.92. The van der Waals surface area contributed by atoms with Crippen LogP contribution < -0.4 is 10.1 Å². The third-order valence-corrected chi connectivity index (χ3v) is 2.16. The Morgan fingerprint density at radius 2 is 2.19 bits per heavy atom. The smallest absolute Gasteiger partial charge is 0.325 e. The molecule has 0 aliphatic carbocycles. The van der Waals surface area contributed by atoms with Crippen LogP contribution in [-0.2, 0) is 4.79 Å². The van der Waals surface area contributed by atoms with Crippen molar-refractivity contribution in [3.63, 3.8) is 0 Å². The van der Waals surface area contributed by atoms with E-state index >= 15 is 0 Å². The van der Waals surface area contributed by atoms with Gasteiger partial charge in [0.1, 0.15) is 11.8 Å². The van der Waals surface area contributed by atoms with Gasteiger partial charge in [0.15, 0.2) is 0 Å². The van der Waals surface area contributed by atoms with Crippen molar-refractivity contribution in [3.05, 3.63) is 42.5 Å². The van der Waals surface area contributed by atoms with Crippen LogP contribution in [0.5, 0.6) is 5.75 Å². The molecule has 0 radical (unpaired) electrons. The highest BCUT2D eigenvalue weighted by Gasteiger charge is 2.18. The summed E-state index contributed by atoms with van der Waals surface area (Å²) in [5.41, 5.74) is 0.690. The van der Waals surface area contributed by atoms with Gasteiger partial charge in [-0.1, -0.05) is 18.2 Å². The Balaban J connectivity index is 2.83. The number of nitrogens with one attached hydrogen (secondary N) is 1. The fourth-order valence-electron chi connectivity index (χ4n) is 1.35. The van der Waals surface area contributed by atoms with Crippen molar-refractivity contribution in [1.82, 2.24) is 5.32 Å². The molecule has 4 heteroatoms. The zero-order valence-electron chi connectivity index (χ0n) is 9.14. The summed E-state index contributed by atoms with van der Waals surface area (Å²) >= 11 is 0. The molecule has 16 heavy (non-hydrogen) atoms. The molecule has 0 spiro atoms. The summed E-state index contributed by atoms with van der Waals surface area (Å²) in [6.45, 7) is 3.99. The van der Waals surface area contributed by atoms with Crippen LogP contribution in [0, 0.1) is 0 Å². The second-order valence-corrected chi connectivity index (χ2v) is 3.24. The van der Waals surface area contributed by atoms with Gasteiger partial charge in [-0.2, -0.15) is 0 Å². The lowest BCUT2D eigenvalue weighted by Crippen LogP contribution is -2.28. The largest absolute Gasteiger partial charge is 0.497 e. The van der Waals surface area contributed by atoms with Crippen molar-refractivity contribution in [2.45, 2.75) is 6.04 Å². The summed E-state index contributed by atoms with van der Waals surface area (Å²) in [5.74, 6) is -0.205. The number of aliphatic carboxylic acids is 1. The molecule has 0 saturated carbocycles. The fourth-order valence-corrected chi connectivity index (χ4v) is 1.35. The second-order valence-electron chi connectivity index (χ2n) is 3.24. The number of hydrogen-bond donors (Lipinski definition) is 2. The molecule has 0 bridgehead atoms. The van der Waals surface area contributed by atoms with Crippen molar-refractivity contribution in [2.75, 3.05) is 13.7 Å². The Hall–Kier alpha value is -1.81. The number of carbonyl (C=O) groups is 1. The van der Waals surface area contributed by atoms with Crippen LogP contribution in [0.25, 0.3) is 0 Å². The summed E-state index contributed by atoms with van der Waals surface area (Å²) in [7, 11) is 1.57. The zero-order chi connectivity index (χ0) is 12.0. The molecular weight excluding hydrogens is 206 g/mol. The van der Waals surface area contributed by atoms with E-state index < -0.39 is 12.0 Å². The highest BCUT2D eigenvalue weighted by atomic mass is 16.5. The first-order valence-corrected chi connectivity index (χ1v) is 4.90. The van der Waals surface area contributed by atoms with Crippen LogP contribution in [0.1, 0.15) is 11.6 Å². The Labute approximate surface area is 94.6 Å². The molecule has 0 aliphatic heterocycles. The van der Waals surface area contributed by atoms with Crippen LogP contribution in [0.15, 0.2) is 36.9 Å². The predicted molar refractivity (Wildman–Crippen MR) is 61.6 cm³/mol. The molecule has 1 aromatic carbocycles. The first-order valence-electron chi connectivity index (χ1n) is 4.90. The summed E-state index contributed by atoms with van der Waals surface area (Å²) in [4.78, 5) is 11.0. The van der Waals surface area contributed by atoms with Crippen LogP contribution in [0.4, 0.5) is 0 Å². The van der Waals surface area contributed by atoms with E-state index in [2.05, 4.69) is 11.9 Å². The molecule has 0 aliphatic rings.